The number of carbonyl (C=O) groups is 1. The summed E-state index contributed by atoms with van der Waals surface area (Å²) in [6.07, 6.45) is 5.06. The van der Waals surface area contributed by atoms with Crippen molar-refractivity contribution in [1.82, 2.24) is 9.80 Å². The van der Waals surface area contributed by atoms with Gasteiger partial charge in [0.2, 0.25) is 0 Å². The van der Waals surface area contributed by atoms with Crippen LogP contribution in [0.1, 0.15) is 36.0 Å². The summed E-state index contributed by atoms with van der Waals surface area (Å²) in [6.45, 7) is 6.04. The Morgan fingerprint density at radius 3 is 2.58 bits per heavy atom. The highest BCUT2D eigenvalue weighted by atomic mass is 16.5. The van der Waals surface area contributed by atoms with Crippen LogP contribution in [0, 0.1) is 11.8 Å². The van der Waals surface area contributed by atoms with Crippen molar-refractivity contribution in [1.29, 1.82) is 0 Å². The van der Waals surface area contributed by atoms with Crippen LogP contribution in [-0.4, -0.2) is 61.1 Å². The molecule has 0 spiro atoms. The van der Waals surface area contributed by atoms with Gasteiger partial charge in [0.25, 0.3) is 5.91 Å². The van der Waals surface area contributed by atoms with E-state index in [0.29, 0.717) is 11.8 Å². The van der Waals surface area contributed by atoms with Gasteiger partial charge in [0.15, 0.2) is 0 Å². The Labute approximate surface area is 144 Å². The lowest BCUT2D eigenvalue weighted by molar-refractivity contribution is 0.0781. The Kier molecular flexibility index (Phi) is 4.86. The summed E-state index contributed by atoms with van der Waals surface area (Å²) in [7, 11) is 0. The molecule has 3 fully saturated rings. The highest BCUT2D eigenvalue weighted by molar-refractivity contribution is 5.94. The first-order valence-corrected chi connectivity index (χ1v) is 9.45. The van der Waals surface area contributed by atoms with E-state index in [1.165, 1.54) is 25.8 Å². The van der Waals surface area contributed by atoms with E-state index in [1.54, 1.807) is 0 Å². The summed E-state index contributed by atoms with van der Waals surface area (Å²) in [5.41, 5.74) is 0.820. The number of hydrogen-bond acceptors (Lipinski definition) is 3. The molecule has 2 aliphatic heterocycles. The number of rotatable bonds is 6. The summed E-state index contributed by atoms with van der Waals surface area (Å²) in [4.78, 5) is 17.3. The minimum Gasteiger partial charge on any atom is -0.381 e. The van der Waals surface area contributed by atoms with Gasteiger partial charge >= 0.3 is 0 Å². The molecule has 3 aliphatic rings. The first-order valence-electron chi connectivity index (χ1n) is 9.45. The molecule has 4 rings (SSSR count). The predicted molar refractivity (Wildman–Crippen MR) is 94.0 cm³/mol. The molecule has 0 aromatic heterocycles. The van der Waals surface area contributed by atoms with Crippen LogP contribution in [0.25, 0.3) is 0 Å². The highest BCUT2D eigenvalue weighted by Crippen LogP contribution is 2.31. The lowest BCUT2D eigenvalue weighted by atomic mass is 10.1. The molecule has 1 aromatic carbocycles. The second-order valence-electron chi connectivity index (χ2n) is 7.69. The standard InChI is InChI=1S/C20H28N2O2/c23-20(18-4-2-1-3-5-18)21-10-8-16(12-21)13-22(19-6-7-19)14-17-9-11-24-15-17/h1-5,16-17,19H,6-15H2/t16-,17+/m0/s1. The van der Waals surface area contributed by atoms with Gasteiger partial charge in [-0.2, -0.15) is 0 Å². The van der Waals surface area contributed by atoms with Crippen LogP contribution in [-0.2, 0) is 4.74 Å². The molecule has 0 bridgehead atoms. The highest BCUT2D eigenvalue weighted by Gasteiger charge is 2.35. The molecule has 1 saturated carbocycles. The number of benzene rings is 1. The first kappa shape index (κ1) is 16.1. The van der Waals surface area contributed by atoms with E-state index in [-0.39, 0.29) is 5.91 Å². The van der Waals surface area contributed by atoms with Gasteiger partial charge in [-0.15, -0.1) is 0 Å². The SMILES string of the molecule is O=C(c1ccccc1)N1CC[C@H](CN(C[C@H]2CCOC2)C2CC2)C1. The van der Waals surface area contributed by atoms with Crippen LogP contribution in [0.5, 0.6) is 0 Å². The molecule has 1 amide bonds. The number of amides is 1. The van der Waals surface area contributed by atoms with Crippen LogP contribution in [0.15, 0.2) is 30.3 Å². The van der Waals surface area contributed by atoms with Crippen molar-refractivity contribution in [2.24, 2.45) is 11.8 Å². The third-order valence-electron chi connectivity index (χ3n) is 5.67. The Bertz CT molecular complexity index is 552. The molecule has 24 heavy (non-hydrogen) atoms. The van der Waals surface area contributed by atoms with E-state index in [0.717, 1.165) is 50.9 Å². The van der Waals surface area contributed by atoms with Gasteiger partial charge in [-0.3, -0.25) is 9.69 Å². The molecule has 130 valence electrons. The predicted octanol–water partition coefficient (Wildman–Crippen LogP) is 2.65. The molecule has 1 aliphatic carbocycles. The Hall–Kier alpha value is -1.39. The molecule has 4 heteroatoms. The smallest absolute Gasteiger partial charge is 0.253 e. The van der Waals surface area contributed by atoms with Crippen molar-refractivity contribution in [3.63, 3.8) is 0 Å². The van der Waals surface area contributed by atoms with Gasteiger partial charge in [0.1, 0.15) is 0 Å². The molecule has 0 N–H and O–H groups in total. The zero-order valence-corrected chi connectivity index (χ0v) is 14.4. The summed E-state index contributed by atoms with van der Waals surface area (Å²) >= 11 is 0. The average Bonchev–Trinajstić information content (AvgIpc) is 3.14. The fourth-order valence-corrected chi connectivity index (χ4v) is 4.13. The maximum atomic E-state index is 12.6. The number of nitrogens with zero attached hydrogens (tertiary/aromatic N) is 2. The molecule has 1 aromatic rings. The topological polar surface area (TPSA) is 32.8 Å². The van der Waals surface area contributed by atoms with Gasteiger partial charge < -0.3 is 9.64 Å². The van der Waals surface area contributed by atoms with Gasteiger partial charge in [-0.1, -0.05) is 18.2 Å². The third kappa shape index (κ3) is 3.81. The number of ether oxygens (including phenoxy) is 1. The average molecular weight is 328 g/mol. The van der Waals surface area contributed by atoms with Crippen LogP contribution in [0.2, 0.25) is 0 Å². The summed E-state index contributed by atoms with van der Waals surface area (Å²) < 4.78 is 5.55. The maximum Gasteiger partial charge on any atom is 0.253 e. The van der Waals surface area contributed by atoms with E-state index in [9.17, 15) is 4.79 Å². The molecule has 2 atom stereocenters. The molecular weight excluding hydrogens is 300 g/mol. The quantitative estimate of drug-likeness (QED) is 0.805. The second-order valence-corrected chi connectivity index (χ2v) is 7.69. The van der Waals surface area contributed by atoms with Crippen molar-refractivity contribution in [2.45, 2.75) is 31.7 Å². The molecule has 0 radical (unpaired) electrons. The lowest BCUT2D eigenvalue weighted by Crippen LogP contribution is -2.37. The van der Waals surface area contributed by atoms with Gasteiger partial charge in [-0.25, -0.2) is 0 Å². The summed E-state index contributed by atoms with van der Waals surface area (Å²) in [5, 5.41) is 0. The van der Waals surface area contributed by atoms with Crippen molar-refractivity contribution in [3.8, 4) is 0 Å². The number of hydrogen-bond donors (Lipinski definition) is 0. The van der Waals surface area contributed by atoms with Crippen molar-refractivity contribution >= 4 is 5.91 Å². The van der Waals surface area contributed by atoms with Crippen molar-refractivity contribution in [2.75, 3.05) is 39.4 Å². The van der Waals surface area contributed by atoms with E-state index in [4.69, 9.17) is 4.74 Å². The van der Waals surface area contributed by atoms with E-state index < -0.39 is 0 Å². The second kappa shape index (κ2) is 7.24. The van der Waals surface area contributed by atoms with Gasteiger partial charge in [-0.05, 0) is 49.7 Å². The van der Waals surface area contributed by atoms with E-state index in [2.05, 4.69) is 4.90 Å². The van der Waals surface area contributed by atoms with Crippen molar-refractivity contribution < 1.29 is 9.53 Å². The van der Waals surface area contributed by atoms with Gasteiger partial charge in [0.05, 0.1) is 6.61 Å². The van der Waals surface area contributed by atoms with Crippen LogP contribution in [0.4, 0.5) is 0 Å². The third-order valence-corrected chi connectivity index (χ3v) is 5.67. The largest absolute Gasteiger partial charge is 0.381 e. The van der Waals surface area contributed by atoms with Crippen molar-refractivity contribution in [3.05, 3.63) is 35.9 Å². The Morgan fingerprint density at radius 1 is 1.08 bits per heavy atom. The van der Waals surface area contributed by atoms with Crippen LogP contribution < -0.4 is 0 Å². The fourth-order valence-electron chi connectivity index (χ4n) is 4.13. The van der Waals surface area contributed by atoms with Gasteiger partial charge in [0, 0.05) is 44.4 Å². The number of carbonyl (C=O) groups excluding carboxylic acids is 1. The van der Waals surface area contributed by atoms with E-state index in [1.807, 2.05) is 35.2 Å². The Balaban J connectivity index is 1.31. The molecule has 0 unspecified atom stereocenters. The zero-order chi connectivity index (χ0) is 16.4. The molecule has 2 heterocycles. The zero-order valence-electron chi connectivity index (χ0n) is 14.4. The first-order chi connectivity index (χ1) is 11.8. The normalized spacial score (nSPS) is 27.1. The number of likely N-dealkylation sites (tertiary alicyclic amines) is 1. The molecular formula is C20H28N2O2. The maximum absolute atomic E-state index is 12.6. The van der Waals surface area contributed by atoms with E-state index >= 15 is 0 Å². The monoisotopic (exact) mass is 328 g/mol. The summed E-state index contributed by atoms with van der Waals surface area (Å²) in [6, 6.07) is 10.5. The summed E-state index contributed by atoms with van der Waals surface area (Å²) in [5.74, 6) is 1.54. The van der Waals surface area contributed by atoms with Crippen LogP contribution in [0.3, 0.4) is 0 Å². The minimum absolute atomic E-state index is 0.195. The lowest BCUT2D eigenvalue weighted by Gasteiger charge is -2.27. The molecule has 2 saturated heterocycles. The minimum atomic E-state index is 0.195. The fraction of sp³-hybridized carbons (Fsp3) is 0.650. The Morgan fingerprint density at radius 2 is 1.88 bits per heavy atom. The van der Waals surface area contributed by atoms with Crippen LogP contribution >= 0.6 is 0 Å². The molecule has 4 nitrogen and oxygen atoms in total.